The fourth-order valence-corrected chi connectivity index (χ4v) is 2.05. The Morgan fingerprint density at radius 1 is 1.35 bits per heavy atom. The van der Waals surface area contributed by atoms with Crippen molar-refractivity contribution in [2.75, 3.05) is 6.54 Å². The minimum absolute atomic E-state index is 0.180. The van der Waals surface area contributed by atoms with E-state index in [0.29, 0.717) is 12.5 Å². The molecule has 0 radical (unpaired) electrons. The first kappa shape index (κ1) is 14.3. The van der Waals surface area contributed by atoms with Gasteiger partial charge in [-0.2, -0.15) is 0 Å². The molecule has 1 aliphatic heterocycles. The molecule has 0 aliphatic carbocycles. The van der Waals surface area contributed by atoms with Crippen LogP contribution in [0.1, 0.15) is 19.4 Å². The van der Waals surface area contributed by atoms with E-state index in [1.54, 1.807) is 0 Å². The van der Waals surface area contributed by atoms with Crippen LogP contribution in [0, 0.1) is 11.8 Å². The highest BCUT2D eigenvalue weighted by atomic mass is 16.6. The van der Waals surface area contributed by atoms with E-state index in [0.717, 1.165) is 5.56 Å². The smallest absolute Gasteiger partial charge is 0.417 e. The number of hydrogen-bond donors (Lipinski definition) is 0. The zero-order valence-corrected chi connectivity index (χ0v) is 11.8. The second-order valence-electron chi connectivity index (χ2n) is 5.26. The van der Waals surface area contributed by atoms with Gasteiger partial charge in [-0.05, 0) is 17.4 Å². The van der Waals surface area contributed by atoms with E-state index in [2.05, 4.69) is 13.8 Å². The third kappa shape index (κ3) is 3.47. The number of hydrogen-bond acceptors (Lipinski definition) is 3. The third-order valence-corrected chi connectivity index (χ3v) is 3.43. The summed E-state index contributed by atoms with van der Waals surface area (Å²) in [6.07, 6.45) is 2.75. The fraction of sp³-hybridized carbons (Fsp3) is 0.375. The quantitative estimate of drug-likeness (QED) is 0.850. The number of carbonyl (C=O) groups excluding carboxylic acids is 2. The topological polar surface area (TPSA) is 46.6 Å². The Morgan fingerprint density at radius 3 is 2.70 bits per heavy atom. The Kier molecular flexibility index (Phi) is 4.56. The Morgan fingerprint density at radius 2 is 2.05 bits per heavy atom. The molecule has 0 fully saturated rings. The lowest BCUT2D eigenvalue weighted by Crippen LogP contribution is -2.42. The van der Waals surface area contributed by atoms with Crippen molar-refractivity contribution in [2.45, 2.75) is 20.5 Å². The molecule has 1 aliphatic rings. The molecule has 2 amide bonds. The van der Waals surface area contributed by atoms with E-state index < -0.39 is 6.09 Å². The summed E-state index contributed by atoms with van der Waals surface area (Å²) < 4.78 is 5.20. The summed E-state index contributed by atoms with van der Waals surface area (Å²) in [6.45, 7) is 4.71. The van der Waals surface area contributed by atoms with Crippen LogP contribution in [0.5, 0.6) is 0 Å². The Hall–Kier alpha value is -2.10. The van der Waals surface area contributed by atoms with Crippen molar-refractivity contribution in [3.63, 3.8) is 0 Å². The highest BCUT2D eigenvalue weighted by Crippen LogP contribution is 2.19. The van der Waals surface area contributed by atoms with Crippen LogP contribution in [0.4, 0.5) is 4.79 Å². The van der Waals surface area contributed by atoms with Gasteiger partial charge in [0.15, 0.2) is 0 Å². The van der Waals surface area contributed by atoms with Crippen LogP contribution in [-0.4, -0.2) is 23.4 Å². The molecule has 4 heteroatoms. The molecule has 0 spiro atoms. The molecule has 0 saturated heterocycles. The van der Waals surface area contributed by atoms with Crippen LogP contribution in [0.25, 0.3) is 0 Å². The first-order valence-electron chi connectivity index (χ1n) is 6.78. The summed E-state index contributed by atoms with van der Waals surface area (Å²) in [4.78, 5) is 24.9. The first-order valence-corrected chi connectivity index (χ1v) is 6.78. The lowest BCUT2D eigenvalue weighted by atomic mass is 9.93. The summed E-state index contributed by atoms with van der Waals surface area (Å²) >= 11 is 0. The largest absolute Gasteiger partial charge is 0.444 e. The van der Waals surface area contributed by atoms with Gasteiger partial charge in [-0.3, -0.25) is 4.79 Å². The van der Waals surface area contributed by atoms with E-state index in [9.17, 15) is 9.59 Å². The third-order valence-electron chi connectivity index (χ3n) is 3.43. The molecule has 20 heavy (non-hydrogen) atoms. The van der Waals surface area contributed by atoms with Gasteiger partial charge < -0.3 is 4.74 Å². The van der Waals surface area contributed by atoms with Crippen LogP contribution in [0.3, 0.4) is 0 Å². The van der Waals surface area contributed by atoms with Crippen molar-refractivity contribution < 1.29 is 14.3 Å². The van der Waals surface area contributed by atoms with Crippen molar-refractivity contribution in [3.05, 3.63) is 48.0 Å². The molecule has 0 N–H and O–H groups in total. The number of ether oxygens (including phenoxy) is 1. The van der Waals surface area contributed by atoms with Gasteiger partial charge in [0, 0.05) is 12.6 Å². The summed E-state index contributed by atoms with van der Waals surface area (Å²) in [7, 11) is 0. The SMILES string of the molecule is CC(C)C1C=CC(=O)N(C(=O)OCc2ccccc2)C1. The van der Waals surface area contributed by atoms with Crippen molar-refractivity contribution in [1.29, 1.82) is 0 Å². The van der Waals surface area contributed by atoms with Crippen molar-refractivity contribution in [3.8, 4) is 0 Å². The number of nitrogens with zero attached hydrogens (tertiary/aromatic N) is 1. The Bertz CT molecular complexity index is 508. The number of amides is 2. The van der Waals surface area contributed by atoms with Gasteiger partial charge in [0.1, 0.15) is 6.61 Å². The summed E-state index contributed by atoms with van der Waals surface area (Å²) in [5.41, 5.74) is 0.904. The van der Waals surface area contributed by atoms with Crippen molar-refractivity contribution in [1.82, 2.24) is 4.90 Å². The molecule has 1 unspecified atom stereocenters. The van der Waals surface area contributed by atoms with Gasteiger partial charge in [0.25, 0.3) is 5.91 Å². The maximum Gasteiger partial charge on any atom is 0.417 e. The number of rotatable bonds is 3. The van der Waals surface area contributed by atoms with E-state index in [1.165, 1.54) is 11.0 Å². The zero-order valence-electron chi connectivity index (χ0n) is 11.8. The van der Waals surface area contributed by atoms with E-state index >= 15 is 0 Å². The Balaban J connectivity index is 1.95. The van der Waals surface area contributed by atoms with Crippen molar-refractivity contribution in [2.24, 2.45) is 11.8 Å². The van der Waals surface area contributed by atoms with Crippen LogP contribution in [0.15, 0.2) is 42.5 Å². The molecular formula is C16H19NO3. The fourth-order valence-electron chi connectivity index (χ4n) is 2.05. The molecule has 106 valence electrons. The maximum atomic E-state index is 12.0. The number of carbonyl (C=O) groups is 2. The molecule has 2 rings (SSSR count). The minimum Gasteiger partial charge on any atom is -0.444 e. The minimum atomic E-state index is -0.575. The van der Waals surface area contributed by atoms with Crippen LogP contribution < -0.4 is 0 Å². The second kappa shape index (κ2) is 6.37. The van der Waals surface area contributed by atoms with Gasteiger partial charge in [0.2, 0.25) is 0 Å². The normalized spacial score (nSPS) is 18.4. The molecule has 1 heterocycles. The summed E-state index contributed by atoms with van der Waals surface area (Å²) in [6, 6.07) is 9.42. The average molecular weight is 273 g/mol. The highest BCUT2D eigenvalue weighted by Gasteiger charge is 2.28. The van der Waals surface area contributed by atoms with Gasteiger partial charge >= 0.3 is 6.09 Å². The van der Waals surface area contributed by atoms with E-state index in [4.69, 9.17) is 4.74 Å². The molecule has 0 aromatic heterocycles. The van der Waals surface area contributed by atoms with Crippen LogP contribution in [-0.2, 0) is 16.1 Å². The second-order valence-corrected chi connectivity index (χ2v) is 5.26. The van der Waals surface area contributed by atoms with Gasteiger partial charge in [-0.25, -0.2) is 9.69 Å². The molecule has 4 nitrogen and oxygen atoms in total. The monoisotopic (exact) mass is 273 g/mol. The summed E-state index contributed by atoms with van der Waals surface area (Å²) in [5, 5.41) is 0. The van der Waals surface area contributed by atoms with Gasteiger partial charge in [-0.1, -0.05) is 50.3 Å². The van der Waals surface area contributed by atoms with Gasteiger partial charge in [0.05, 0.1) is 0 Å². The first-order chi connectivity index (χ1) is 9.58. The molecular weight excluding hydrogens is 254 g/mol. The number of imide groups is 1. The lowest BCUT2D eigenvalue weighted by Gasteiger charge is -2.28. The van der Waals surface area contributed by atoms with Crippen LogP contribution >= 0.6 is 0 Å². The number of benzene rings is 1. The van der Waals surface area contributed by atoms with E-state index in [1.807, 2.05) is 36.4 Å². The molecule has 1 aromatic carbocycles. The van der Waals surface area contributed by atoms with Crippen molar-refractivity contribution >= 4 is 12.0 Å². The molecule has 0 saturated carbocycles. The molecule has 0 bridgehead atoms. The highest BCUT2D eigenvalue weighted by molar-refractivity contribution is 5.99. The molecule has 1 aromatic rings. The Labute approximate surface area is 119 Å². The zero-order chi connectivity index (χ0) is 14.5. The average Bonchev–Trinajstić information content (AvgIpc) is 2.46. The predicted molar refractivity (Wildman–Crippen MR) is 75.8 cm³/mol. The molecule has 1 atom stereocenters. The lowest BCUT2D eigenvalue weighted by molar-refractivity contribution is -0.125. The van der Waals surface area contributed by atoms with Gasteiger partial charge in [-0.15, -0.1) is 0 Å². The van der Waals surface area contributed by atoms with Crippen LogP contribution in [0.2, 0.25) is 0 Å². The maximum absolute atomic E-state index is 12.0. The predicted octanol–water partition coefficient (Wildman–Crippen LogP) is 2.99. The summed E-state index contributed by atoms with van der Waals surface area (Å²) in [5.74, 6) is 0.265. The standard InChI is InChI=1S/C16H19NO3/c1-12(2)14-8-9-15(18)17(10-14)16(19)20-11-13-6-4-3-5-7-13/h3-9,12,14H,10-11H2,1-2H3. The van der Waals surface area contributed by atoms with E-state index in [-0.39, 0.29) is 18.4 Å².